The zero-order chi connectivity index (χ0) is 13.9. The summed E-state index contributed by atoms with van der Waals surface area (Å²) in [6.45, 7) is 9.68. The lowest BCUT2D eigenvalue weighted by Gasteiger charge is -2.29. The molecule has 2 N–H and O–H groups in total. The molecule has 1 unspecified atom stereocenters. The molecular formula is C15H26N4. The largest absolute Gasteiger partial charge is 0.355 e. The summed E-state index contributed by atoms with van der Waals surface area (Å²) in [5.41, 5.74) is 6.81. The van der Waals surface area contributed by atoms with E-state index in [4.69, 9.17) is 5.73 Å². The van der Waals surface area contributed by atoms with Crippen LogP contribution >= 0.6 is 0 Å². The van der Waals surface area contributed by atoms with Gasteiger partial charge in [0.25, 0.3) is 0 Å². The monoisotopic (exact) mass is 262 g/mol. The van der Waals surface area contributed by atoms with Crippen molar-refractivity contribution >= 4 is 5.82 Å². The number of rotatable bonds is 2. The summed E-state index contributed by atoms with van der Waals surface area (Å²) in [6.07, 6.45) is 7.45. The van der Waals surface area contributed by atoms with Gasteiger partial charge in [-0.15, -0.1) is 0 Å². The first kappa shape index (κ1) is 14.3. The Kier molecular flexibility index (Phi) is 4.40. The fourth-order valence-corrected chi connectivity index (χ4v) is 2.81. The van der Waals surface area contributed by atoms with E-state index in [1.807, 2.05) is 6.20 Å². The minimum atomic E-state index is 0.408. The van der Waals surface area contributed by atoms with Crippen LogP contribution < -0.4 is 10.6 Å². The molecule has 1 fully saturated rings. The first-order valence-corrected chi connectivity index (χ1v) is 7.26. The number of hydrogen-bond acceptors (Lipinski definition) is 4. The summed E-state index contributed by atoms with van der Waals surface area (Å²) in [6, 6.07) is 0. The smallest absolute Gasteiger partial charge is 0.147 e. The Balaban J connectivity index is 2.02. The van der Waals surface area contributed by atoms with Crippen LogP contribution in [0.3, 0.4) is 0 Å². The van der Waals surface area contributed by atoms with Crippen LogP contribution in [0.25, 0.3) is 0 Å². The minimum absolute atomic E-state index is 0.408. The first-order chi connectivity index (χ1) is 9.00. The molecule has 1 atom stereocenters. The molecule has 1 aliphatic heterocycles. The molecule has 0 spiro atoms. The predicted octanol–water partition coefficient (Wildman–Crippen LogP) is 2.59. The average Bonchev–Trinajstić information content (AvgIpc) is 2.64. The van der Waals surface area contributed by atoms with Gasteiger partial charge in [-0.25, -0.2) is 4.98 Å². The minimum Gasteiger partial charge on any atom is -0.355 e. The van der Waals surface area contributed by atoms with Gasteiger partial charge >= 0.3 is 0 Å². The SMILES string of the molecule is CC(C)(C)C1CCCN(c2cnc(CN)cn2)CC1. The van der Waals surface area contributed by atoms with Crippen LogP contribution in [0.1, 0.15) is 45.7 Å². The maximum atomic E-state index is 5.55. The van der Waals surface area contributed by atoms with Crippen LogP contribution in [0.4, 0.5) is 5.82 Å². The molecule has 2 rings (SSSR count). The van der Waals surface area contributed by atoms with Gasteiger partial charge in [-0.3, -0.25) is 4.98 Å². The Labute approximate surface area is 116 Å². The van der Waals surface area contributed by atoms with E-state index in [0.29, 0.717) is 12.0 Å². The van der Waals surface area contributed by atoms with E-state index in [-0.39, 0.29) is 0 Å². The molecule has 0 aliphatic carbocycles. The van der Waals surface area contributed by atoms with Gasteiger partial charge in [0.1, 0.15) is 5.82 Å². The van der Waals surface area contributed by atoms with E-state index in [2.05, 4.69) is 35.6 Å². The molecule has 4 heteroatoms. The van der Waals surface area contributed by atoms with Crippen molar-refractivity contribution in [2.75, 3.05) is 18.0 Å². The summed E-state index contributed by atoms with van der Waals surface area (Å²) in [7, 11) is 0. The molecule has 0 bridgehead atoms. The molecule has 1 aliphatic rings. The standard InChI is InChI=1S/C15H26N4/c1-15(2,3)12-5-4-7-19(8-6-12)14-11-17-13(9-16)10-18-14/h10-12H,4-9,16H2,1-3H3. The van der Waals surface area contributed by atoms with Crippen LogP contribution in [-0.2, 0) is 6.54 Å². The normalized spacial score (nSPS) is 21.3. The third kappa shape index (κ3) is 3.66. The molecule has 0 aromatic carbocycles. The second kappa shape index (κ2) is 5.87. The molecule has 0 radical (unpaired) electrons. The first-order valence-electron chi connectivity index (χ1n) is 7.26. The summed E-state index contributed by atoms with van der Waals surface area (Å²) in [5, 5.41) is 0. The molecule has 19 heavy (non-hydrogen) atoms. The second-order valence-electron chi connectivity index (χ2n) is 6.55. The van der Waals surface area contributed by atoms with Crippen molar-refractivity contribution in [1.29, 1.82) is 0 Å². The Morgan fingerprint density at radius 3 is 2.58 bits per heavy atom. The summed E-state index contributed by atoms with van der Waals surface area (Å²) in [5.74, 6) is 1.79. The quantitative estimate of drug-likeness (QED) is 0.890. The highest BCUT2D eigenvalue weighted by Crippen LogP contribution is 2.34. The van der Waals surface area contributed by atoms with Crippen molar-refractivity contribution in [2.45, 2.75) is 46.6 Å². The molecule has 1 saturated heterocycles. The number of nitrogens with zero attached hydrogens (tertiary/aromatic N) is 3. The highest BCUT2D eigenvalue weighted by molar-refractivity contribution is 5.35. The molecule has 4 nitrogen and oxygen atoms in total. The van der Waals surface area contributed by atoms with E-state index in [1.54, 1.807) is 6.20 Å². The van der Waals surface area contributed by atoms with Gasteiger partial charge in [0.2, 0.25) is 0 Å². The molecule has 1 aromatic rings. The highest BCUT2D eigenvalue weighted by atomic mass is 15.2. The topological polar surface area (TPSA) is 55.0 Å². The number of anilines is 1. The number of nitrogens with two attached hydrogens (primary N) is 1. The lowest BCUT2D eigenvalue weighted by atomic mass is 9.77. The van der Waals surface area contributed by atoms with E-state index in [9.17, 15) is 0 Å². The van der Waals surface area contributed by atoms with Crippen molar-refractivity contribution < 1.29 is 0 Å². The Bertz CT molecular complexity index is 394. The van der Waals surface area contributed by atoms with Crippen LogP contribution in [0.15, 0.2) is 12.4 Å². The van der Waals surface area contributed by atoms with Crippen LogP contribution in [0.5, 0.6) is 0 Å². The van der Waals surface area contributed by atoms with Gasteiger partial charge in [-0.2, -0.15) is 0 Å². The summed E-state index contributed by atoms with van der Waals surface area (Å²) < 4.78 is 0. The Morgan fingerprint density at radius 1 is 1.21 bits per heavy atom. The van der Waals surface area contributed by atoms with Crippen molar-refractivity contribution in [1.82, 2.24) is 9.97 Å². The van der Waals surface area contributed by atoms with Crippen LogP contribution in [0.2, 0.25) is 0 Å². The van der Waals surface area contributed by atoms with Crippen molar-refractivity contribution in [3.8, 4) is 0 Å². The van der Waals surface area contributed by atoms with E-state index in [0.717, 1.165) is 30.5 Å². The zero-order valence-corrected chi connectivity index (χ0v) is 12.4. The lowest BCUT2D eigenvalue weighted by molar-refractivity contribution is 0.220. The third-order valence-electron chi connectivity index (χ3n) is 4.18. The molecule has 2 heterocycles. The van der Waals surface area contributed by atoms with E-state index < -0.39 is 0 Å². The number of hydrogen-bond donors (Lipinski definition) is 1. The fraction of sp³-hybridized carbons (Fsp3) is 0.733. The van der Waals surface area contributed by atoms with E-state index >= 15 is 0 Å². The molecular weight excluding hydrogens is 236 g/mol. The molecule has 0 saturated carbocycles. The fourth-order valence-electron chi connectivity index (χ4n) is 2.81. The third-order valence-corrected chi connectivity index (χ3v) is 4.18. The molecule has 106 valence electrons. The van der Waals surface area contributed by atoms with Crippen molar-refractivity contribution in [3.05, 3.63) is 18.1 Å². The van der Waals surface area contributed by atoms with Gasteiger partial charge in [-0.05, 0) is 30.6 Å². The highest BCUT2D eigenvalue weighted by Gasteiger charge is 2.27. The van der Waals surface area contributed by atoms with Gasteiger partial charge in [0.05, 0.1) is 18.1 Å². The van der Waals surface area contributed by atoms with Crippen molar-refractivity contribution in [2.24, 2.45) is 17.1 Å². The molecule has 0 amide bonds. The number of aromatic nitrogens is 2. The summed E-state index contributed by atoms with van der Waals surface area (Å²) in [4.78, 5) is 11.2. The van der Waals surface area contributed by atoms with Gasteiger partial charge in [0.15, 0.2) is 0 Å². The lowest BCUT2D eigenvalue weighted by Crippen LogP contribution is -2.27. The van der Waals surface area contributed by atoms with E-state index in [1.165, 1.54) is 19.3 Å². The maximum absolute atomic E-state index is 5.55. The summed E-state index contributed by atoms with van der Waals surface area (Å²) >= 11 is 0. The molecule has 1 aromatic heterocycles. The van der Waals surface area contributed by atoms with Gasteiger partial charge < -0.3 is 10.6 Å². The van der Waals surface area contributed by atoms with Gasteiger partial charge in [0, 0.05) is 19.6 Å². The van der Waals surface area contributed by atoms with Gasteiger partial charge in [-0.1, -0.05) is 20.8 Å². The Morgan fingerprint density at radius 2 is 2.00 bits per heavy atom. The predicted molar refractivity (Wildman–Crippen MR) is 78.9 cm³/mol. The average molecular weight is 262 g/mol. The Hall–Kier alpha value is -1.16. The van der Waals surface area contributed by atoms with Crippen LogP contribution in [0, 0.1) is 11.3 Å². The second-order valence-corrected chi connectivity index (χ2v) is 6.55. The van der Waals surface area contributed by atoms with Crippen LogP contribution in [-0.4, -0.2) is 23.1 Å². The van der Waals surface area contributed by atoms with Crippen molar-refractivity contribution in [3.63, 3.8) is 0 Å². The zero-order valence-electron chi connectivity index (χ0n) is 12.4. The maximum Gasteiger partial charge on any atom is 0.147 e.